The zero-order chi connectivity index (χ0) is 9.94. The Hall–Kier alpha value is -0.560. The van der Waals surface area contributed by atoms with Crippen molar-refractivity contribution in [2.24, 2.45) is 5.84 Å². The molecule has 0 spiro atoms. The fraction of sp³-hybridized carbons (Fsp3) is 0.800. The average Bonchev–Trinajstić information content (AvgIpc) is 2.16. The Morgan fingerprint density at radius 2 is 2.31 bits per heavy atom. The van der Waals surface area contributed by atoms with Gasteiger partial charge < -0.3 is 4.74 Å². The van der Waals surface area contributed by atoms with Crippen molar-refractivity contribution in [1.82, 2.24) is 5.43 Å². The minimum atomic E-state index is 0.229. The van der Waals surface area contributed by atoms with Crippen LogP contribution < -0.4 is 11.3 Å². The third-order valence-electron chi connectivity index (χ3n) is 1.70. The topological polar surface area (TPSA) is 47.3 Å². The molecule has 0 saturated carbocycles. The maximum Gasteiger partial charge on any atom is 0.0633 e. The highest BCUT2D eigenvalue weighted by Gasteiger charge is 2.04. The van der Waals surface area contributed by atoms with Gasteiger partial charge in [0.25, 0.3) is 0 Å². The molecule has 3 N–H and O–H groups in total. The zero-order valence-electron chi connectivity index (χ0n) is 8.60. The van der Waals surface area contributed by atoms with Crippen molar-refractivity contribution in [2.45, 2.75) is 39.2 Å². The molecule has 0 aliphatic rings. The molecular weight excluding hydrogens is 164 g/mol. The molecule has 0 aliphatic carbocycles. The second kappa shape index (κ2) is 9.53. The fourth-order valence-corrected chi connectivity index (χ4v) is 0.956. The summed E-state index contributed by atoms with van der Waals surface area (Å²) in [7, 11) is 0. The van der Waals surface area contributed by atoms with E-state index in [1.807, 2.05) is 6.92 Å². The van der Waals surface area contributed by atoms with Gasteiger partial charge in [-0.25, -0.2) is 0 Å². The molecule has 0 bridgehead atoms. The fourth-order valence-electron chi connectivity index (χ4n) is 0.956. The molecule has 13 heavy (non-hydrogen) atoms. The van der Waals surface area contributed by atoms with Crippen LogP contribution in [0.5, 0.6) is 0 Å². The summed E-state index contributed by atoms with van der Waals surface area (Å²) in [4.78, 5) is 0. The first-order valence-electron chi connectivity index (χ1n) is 4.78. The molecule has 0 saturated heterocycles. The van der Waals surface area contributed by atoms with E-state index in [-0.39, 0.29) is 6.04 Å². The third kappa shape index (κ3) is 7.79. The highest BCUT2D eigenvalue weighted by molar-refractivity contribution is 4.95. The van der Waals surface area contributed by atoms with E-state index in [9.17, 15) is 0 Å². The number of nitrogens with one attached hydrogen (secondary N) is 1. The summed E-state index contributed by atoms with van der Waals surface area (Å²) in [6.07, 6.45) is 2.87. The van der Waals surface area contributed by atoms with E-state index in [4.69, 9.17) is 10.6 Å². The quantitative estimate of drug-likeness (QED) is 0.269. The molecule has 0 fully saturated rings. The lowest BCUT2D eigenvalue weighted by Gasteiger charge is -2.14. The summed E-state index contributed by atoms with van der Waals surface area (Å²) < 4.78 is 5.38. The first kappa shape index (κ1) is 12.4. The predicted octanol–water partition coefficient (Wildman–Crippen LogP) is 1.05. The molecule has 0 aliphatic heterocycles. The summed E-state index contributed by atoms with van der Waals surface area (Å²) in [6.45, 7) is 5.42. The number of ether oxygens (including phenoxy) is 1. The minimum Gasteiger partial charge on any atom is -0.380 e. The van der Waals surface area contributed by atoms with Crippen molar-refractivity contribution in [1.29, 1.82) is 0 Å². The van der Waals surface area contributed by atoms with Crippen LogP contribution in [0.4, 0.5) is 0 Å². The molecule has 0 aromatic rings. The molecule has 0 aromatic carbocycles. The van der Waals surface area contributed by atoms with Gasteiger partial charge in [0.1, 0.15) is 0 Å². The number of hydrazine groups is 1. The molecule has 0 radical (unpaired) electrons. The second-order valence-electron chi connectivity index (χ2n) is 2.90. The van der Waals surface area contributed by atoms with Crippen molar-refractivity contribution >= 4 is 0 Å². The zero-order valence-corrected chi connectivity index (χ0v) is 8.60. The number of hydrogen-bond acceptors (Lipinski definition) is 3. The van der Waals surface area contributed by atoms with Gasteiger partial charge in [-0.2, -0.15) is 0 Å². The summed E-state index contributed by atoms with van der Waals surface area (Å²) >= 11 is 0. The van der Waals surface area contributed by atoms with Gasteiger partial charge in [0.15, 0.2) is 0 Å². The van der Waals surface area contributed by atoms with Gasteiger partial charge in [-0.15, -0.1) is 11.8 Å². The molecule has 1 atom stereocenters. The highest BCUT2D eigenvalue weighted by atomic mass is 16.5. The lowest BCUT2D eigenvalue weighted by molar-refractivity contribution is 0.110. The highest BCUT2D eigenvalue weighted by Crippen LogP contribution is 1.96. The van der Waals surface area contributed by atoms with Crippen molar-refractivity contribution < 1.29 is 4.74 Å². The minimum absolute atomic E-state index is 0.229. The van der Waals surface area contributed by atoms with Crippen LogP contribution in [0.25, 0.3) is 0 Å². The normalized spacial score (nSPS) is 11.9. The number of hydrogen-bond donors (Lipinski definition) is 2. The van der Waals surface area contributed by atoms with Gasteiger partial charge in [-0.1, -0.05) is 6.92 Å². The van der Waals surface area contributed by atoms with Crippen LogP contribution in [-0.4, -0.2) is 19.3 Å². The van der Waals surface area contributed by atoms with E-state index >= 15 is 0 Å². The van der Waals surface area contributed by atoms with Crippen LogP contribution in [0.3, 0.4) is 0 Å². The lowest BCUT2D eigenvalue weighted by Crippen LogP contribution is -2.38. The summed E-state index contributed by atoms with van der Waals surface area (Å²) in [5, 5.41) is 0. The van der Waals surface area contributed by atoms with E-state index < -0.39 is 0 Å². The molecule has 0 heterocycles. The summed E-state index contributed by atoms with van der Waals surface area (Å²) in [5.74, 6) is 11.2. The van der Waals surface area contributed by atoms with E-state index in [0.29, 0.717) is 6.61 Å². The first-order chi connectivity index (χ1) is 6.35. The lowest BCUT2D eigenvalue weighted by atomic mass is 10.2. The van der Waals surface area contributed by atoms with Gasteiger partial charge in [0.05, 0.1) is 6.61 Å². The van der Waals surface area contributed by atoms with E-state index in [1.165, 1.54) is 0 Å². The Bertz CT molecular complexity index is 160. The maximum atomic E-state index is 5.38. The van der Waals surface area contributed by atoms with E-state index in [1.54, 1.807) is 0 Å². The molecule has 3 heteroatoms. The molecule has 3 nitrogen and oxygen atoms in total. The summed E-state index contributed by atoms with van der Waals surface area (Å²) in [6, 6.07) is 0.229. The molecule has 0 rings (SSSR count). The van der Waals surface area contributed by atoms with Crippen molar-refractivity contribution in [3.05, 3.63) is 0 Å². The van der Waals surface area contributed by atoms with Crippen LogP contribution in [0.2, 0.25) is 0 Å². The van der Waals surface area contributed by atoms with Crippen LogP contribution in [0, 0.1) is 11.8 Å². The number of rotatable bonds is 7. The van der Waals surface area contributed by atoms with Gasteiger partial charge in [0.2, 0.25) is 0 Å². The Balaban J connectivity index is 3.43. The van der Waals surface area contributed by atoms with Crippen LogP contribution in [0.1, 0.15) is 33.1 Å². The SMILES string of the molecule is CC#CCCC(COCCC)NN. The number of nitrogens with two attached hydrogens (primary N) is 1. The third-order valence-corrected chi connectivity index (χ3v) is 1.70. The van der Waals surface area contributed by atoms with Crippen molar-refractivity contribution in [2.75, 3.05) is 13.2 Å². The molecule has 1 unspecified atom stereocenters. The van der Waals surface area contributed by atoms with Gasteiger partial charge in [0, 0.05) is 19.1 Å². The Morgan fingerprint density at radius 3 is 2.85 bits per heavy atom. The van der Waals surface area contributed by atoms with Crippen LogP contribution >= 0.6 is 0 Å². The van der Waals surface area contributed by atoms with Crippen LogP contribution in [-0.2, 0) is 4.74 Å². The first-order valence-corrected chi connectivity index (χ1v) is 4.78. The molecular formula is C10H20N2O. The largest absolute Gasteiger partial charge is 0.380 e. The molecule has 0 amide bonds. The standard InChI is InChI=1S/C10H20N2O/c1-3-5-6-7-10(12-11)9-13-8-4-2/h10,12H,4,6-9,11H2,1-2H3. The van der Waals surface area contributed by atoms with Gasteiger partial charge in [-0.3, -0.25) is 11.3 Å². The van der Waals surface area contributed by atoms with Crippen molar-refractivity contribution in [3.63, 3.8) is 0 Å². The van der Waals surface area contributed by atoms with Crippen molar-refractivity contribution in [3.8, 4) is 11.8 Å². The van der Waals surface area contributed by atoms with E-state index in [0.717, 1.165) is 25.9 Å². The summed E-state index contributed by atoms with van der Waals surface area (Å²) in [5.41, 5.74) is 2.73. The Labute approximate surface area is 81.0 Å². The Morgan fingerprint density at radius 1 is 1.54 bits per heavy atom. The molecule has 0 aromatic heterocycles. The monoisotopic (exact) mass is 184 g/mol. The van der Waals surface area contributed by atoms with E-state index in [2.05, 4.69) is 24.2 Å². The molecule has 76 valence electrons. The smallest absolute Gasteiger partial charge is 0.0633 e. The van der Waals surface area contributed by atoms with Crippen LogP contribution in [0.15, 0.2) is 0 Å². The Kier molecular flexibility index (Phi) is 9.12. The average molecular weight is 184 g/mol. The predicted molar refractivity (Wildman–Crippen MR) is 54.9 cm³/mol. The second-order valence-corrected chi connectivity index (χ2v) is 2.90. The van der Waals surface area contributed by atoms with Gasteiger partial charge in [-0.05, 0) is 19.8 Å². The van der Waals surface area contributed by atoms with Gasteiger partial charge >= 0.3 is 0 Å². The maximum absolute atomic E-state index is 5.38.